The zero-order valence-electron chi connectivity index (χ0n) is 12.8. The smallest absolute Gasteiger partial charge is 0.0593 e. The fraction of sp³-hybridized carbons (Fsp3) is 1.00. The van der Waals surface area contributed by atoms with Crippen LogP contribution in [-0.2, 0) is 4.74 Å². The van der Waals surface area contributed by atoms with Gasteiger partial charge < -0.3 is 14.5 Å². The van der Waals surface area contributed by atoms with E-state index in [2.05, 4.69) is 37.5 Å². The van der Waals surface area contributed by atoms with Gasteiger partial charge in [0.1, 0.15) is 0 Å². The molecule has 0 radical (unpaired) electrons. The van der Waals surface area contributed by atoms with Gasteiger partial charge in [0.2, 0.25) is 0 Å². The Morgan fingerprint density at radius 3 is 1.83 bits per heavy atom. The molecule has 18 heavy (non-hydrogen) atoms. The summed E-state index contributed by atoms with van der Waals surface area (Å²) in [7, 11) is 0. The quantitative estimate of drug-likeness (QED) is 0.480. The van der Waals surface area contributed by atoms with Gasteiger partial charge in [0.15, 0.2) is 0 Å². The number of likely N-dealkylation sites (N-methyl/N-ethyl adjacent to an activating group) is 1. The first-order valence-electron chi connectivity index (χ1n) is 7.38. The molecule has 0 heterocycles. The molecule has 3 nitrogen and oxygen atoms in total. The van der Waals surface area contributed by atoms with Gasteiger partial charge in [-0.3, -0.25) is 0 Å². The third kappa shape index (κ3) is 10.2. The molecule has 0 aliphatic rings. The molecule has 110 valence electrons. The van der Waals surface area contributed by atoms with Gasteiger partial charge in [0.05, 0.1) is 13.2 Å². The maximum Gasteiger partial charge on any atom is 0.0593 e. The second-order valence-electron chi connectivity index (χ2n) is 4.28. The standard InChI is InChI=1S/C14H32N2OS/c1-5-15(6-2)9-11-17-12-14-18-13-10-16(7-3)8-4/h5-14H2,1-4H3. The number of ether oxygens (including phenoxy) is 1. The van der Waals surface area contributed by atoms with E-state index in [-0.39, 0.29) is 0 Å². The lowest BCUT2D eigenvalue weighted by Crippen LogP contribution is -2.27. The molecule has 0 saturated heterocycles. The molecule has 0 saturated carbocycles. The summed E-state index contributed by atoms with van der Waals surface area (Å²) in [5.41, 5.74) is 0. The van der Waals surface area contributed by atoms with E-state index in [4.69, 9.17) is 4.74 Å². The van der Waals surface area contributed by atoms with Gasteiger partial charge in [-0.1, -0.05) is 27.7 Å². The SMILES string of the molecule is CCN(CC)CCOCCSCCN(CC)CC. The summed E-state index contributed by atoms with van der Waals surface area (Å²) in [6.45, 7) is 17.5. The zero-order chi connectivity index (χ0) is 13.6. The highest BCUT2D eigenvalue weighted by molar-refractivity contribution is 7.99. The third-order valence-corrected chi connectivity index (χ3v) is 4.19. The monoisotopic (exact) mass is 276 g/mol. The summed E-state index contributed by atoms with van der Waals surface area (Å²) in [4.78, 5) is 4.86. The highest BCUT2D eigenvalue weighted by atomic mass is 32.2. The van der Waals surface area contributed by atoms with E-state index in [0.29, 0.717) is 0 Å². The van der Waals surface area contributed by atoms with E-state index in [1.165, 1.54) is 12.3 Å². The van der Waals surface area contributed by atoms with Crippen LogP contribution in [0.5, 0.6) is 0 Å². The van der Waals surface area contributed by atoms with E-state index >= 15 is 0 Å². The Morgan fingerprint density at radius 1 is 0.722 bits per heavy atom. The summed E-state index contributed by atoms with van der Waals surface area (Å²) in [5, 5.41) is 0. The van der Waals surface area contributed by atoms with Crippen molar-refractivity contribution < 1.29 is 4.74 Å². The van der Waals surface area contributed by atoms with E-state index in [9.17, 15) is 0 Å². The van der Waals surface area contributed by atoms with Crippen LogP contribution in [-0.4, -0.2) is 73.8 Å². The number of rotatable bonds is 13. The van der Waals surface area contributed by atoms with Gasteiger partial charge in [-0.05, 0) is 26.2 Å². The third-order valence-electron chi connectivity index (χ3n) is 3.26. The average Bonchev–Trinajstić information content (AvgIpc) is 2.41. The molecule has 0 bridgehead atoms. The van der Waals surface area contributed by atoms with E-state index < -0.39 is 0 Å². The number of nitrogens with zero attached hydrogens (tertiary/aromatic N) is 2. The largest absolute Gasteiger partial charge is 0.379 e. The topological polar surface area (TPSA) is 15.7 Å². The van der Waals surface area contributed by atoms with Crippen LogP contribution in [0.4, 0.5) is 0 Å². The molecule has 0 aromatic carbocycles. The van der Waals surface area contributed by atoms with E-state index in [1.54, 1.807) is 0 Å². The molecule has 0 aliphatic heterocycles. The maximum absolute atomic E-state index is 5.65. The van der Waals surface area contributed by atoms with Crippen molar-refractivity contribution in [3.05, 3.63) is 0 Å². The van der Waals surface area contributed by atoms with Gasteiger partial charge >= 0.3 is 0 Å². The summed E-state index contributed by atoms with van der Waals surface area (Å²) in [5.74, 6) is 2.35. The van der Waals surface area contributed by atoms with Gasteiger partial charge in [0, 0.05) is 24.6 Å². The second kappa shape index (κ2) is 13.7. The van der Waals surface area contributed by atoms with Crippen LogP contribution >= 0.6 is 11.8 Å². The average molecular weight is 276 g/mol. The van der Waals surface area contributed by atoms with Crippen LogP contribution in [0.3, 0.4) is 0 Å². The highest BCUT2D eigenvalue weighted by Crippen LogP contribution is 2.01. The molecule has 0 spiro atoms. The highest BCUT2D eigenvalue weighted by Gasteiger charge is 1.99. The van der Waals surface area contributed by atoms with E-state index in [1.807, 2.05) is 11.8 Å². The van der Waals surface area contributed by atoms with Gasteiger partial charge in [0.25, 0.3) is 0 Å². The van der Waals surface area contributed by atoms with Crippen molar-refractivity contribution in [1.29, 1.82) is 0 Å². The lowest BCUT2D eigenvalue weighted by atomic mass is 10.5. The van der Waals surface area contributed by atoms with Crippen molar-refractivity contribution in [2.75, 3.05) is 64.0 Å². The molecule has 0 aliphatic carbocycles. The molecule has 0 atom stereocenters. The van der Waals surface area contributed by atoms with Crippen LogP contribution < -0.4 is 0 Å². The van der Waals surface area contributed by atoms with Gasteiger partial charge in [-0.15, -0.1) is 0 Å². The minimum absolute atomic E-state index is 0.873. The summed E-state index contributed by atoms with van der Waals surface area (Å²) >= 11 is 2.00. The lowest BCUT2D eigenvalue weighted by Gasteiger charge is -2.18. The van der Waals surface area contributed by atoms with Crippen molar-refractivity contribution in [3.63, 3.8) is 0 Å². The normalized spacial score (nSPS) is 11.7. The predicted molar refractivity (Wildman–Crippen MR) is 83.7 cm³/mol. The predicted octanol–water partition coefficient (Wildman–Crippen LogP) is 2.42. The molecule has 4 heteroatoms. The lowest BCUT2D eigenvalue weighted by molar-refractivity contribution is 0.119. The number of hydrogen-bond donors (Lipinski definition) is 0. The molecule has 0 aromatic heterocycles. The van der Waals surface area contributed by atoms with Crippen LogP contribution in [0, 0.1) is 0 Å². The fourth-order valence-corrected chi connectivity index (χ4v) is 2.62. The number of hydrogen-bond acceptors (Lipinski definition) is 4. The van der Waals surface area contributed by atoms with Crippen molar-refractivity contribution in [2.45, 2.75) is 27.7 Å². The zero-order valence-corrected chi connectivity index (χ0v) is 13.6. The fourth-order valence-electron chi connectivity index (χ4n) is 1.79. The minimum atomic E-state index is 0.873. The van der Waals surface area contributed by atoms with Crippen LogP contribution in [0.2, 0.25) is 0 Å². The first-order chi connectivity index (χ1) is 8.78. The van der Waals surface area contributed by atoms with Crippen LogP contribution in [0.25, 0.3) is 0 Å². The van der Waals surface area contributed by atoms with Crippen molar-refractivity contribution in [2.24, 2.45) is 0 Å². The molecule has 0 fully saturated rings. The van der Waals surface area contributed by atoms with Gasteiger partial charge in [-0.2, -0.15) is 11.8 Å². The Hall–Kier alpha value is 0.230. The van der Waals surface area contributed by atoms with Crippen molar-refractivity contribution >= 4 is 11.8 Å². The molecule has 0 unspecified atom stereocenters. The molecular formula is C14H32N2OS. The van der Waals surface area contributed by atoms with Crippen LogP contribution in [0.1, 0.15) is 27.7 Å². The Kier molecular flexibility index (Phi) is 13.8. The Balaban J connectivity index is 3.21. The molecule has 0 amide bonds. The molecule has 0 aromatic rings. The minimum Gasteiger partial charge on any atom is -0.379 e. The second-order valence-corrected chi connectivity index (χ2v) is 5.50. The maximum atomic E-state index is 5.65. The molecule has 0 N–H and O–H groups in total. The summed E-state index contributed by atoms with van der Waals surface area (Å²) in [6.07, 6.45) is 0. The van der Waals surface area contributed by atoms with Crippen LogP contribution in [0.15, 0.2) is 0 Å². The number of thioether (sulfide) groups is 1. The first-order valence-corrected chi connectivity index (χ1v) is 8.54. The summed E-state index contributed by atoms with van der Waals surface area (Å²) in [6, 6.07) is 0. The van der Waals surface area contributed by atoms with E-state index in [0.717, 1.165) is 51.7 Å². The van der Waals surface area contributed by atoms with Crippen molar-refractivity contribution in [1.82, 2.24) is 9.80 Å². The Labute approximate surface area is 118 Å². The Morgan fingerprint density at radius 2 is 1.28 bits per heavy atom. The summed E-state index contributed by atoms with van der Waals surface area (Å²) < 4.78 is 5.65. The molecular weight excluding hydrogens is 244 g/mol. The first kappa shape index (κ1) is 18.2. The van der Waals surface area contributed by atoms with Gasteiger partial charge in [-0.25, -0.2) is 0 Å². The van der Waals surface area contributed by atoms with Crippen molar-refractivity contribution in [3.8, 4) is 0 Å². The molecule has 0 rings (SSSR count). The Bertz CT molecular complexity index is 144.